The highest BCUT2D eigenvalue weighted by molar-refractivity contribution is 7.81. The largest absolute Gasteiger partial charge is 0.465 e. The predicted molar refractivity (Wildman–Crippen MR) is 123 cm³/mol. The number of nitrogens with zero attached hydrogens (tertiary/aromatic N) is 2. The molecule has 3 heterocycles. The van der Waals surface area contributed by atoms with E-state index in [9.17, 15) is 22.8 Å². The maximum Gasteiger partial charge on any atom is 0.421 e. The number of esters is 1. The SMILES string of the molecule is CCOC(=O)C1(COS(=O)(=O)ON2C(=O)N3C[C@H]2CC[C@H]3C(=O)NC2CCNCC2)CCCCC1. The van der Waals surface area contributed by atoms with Crippen LogP contribution in [-0.2, 0) is 33.2 Å². The van der Waals surface area contributed by atoms with Crippen LogP contribution in [0, 0.1) is 5.41 Å². The van der Waals surface area contributed by atoms with Crippen molar-refractivity contribution in [3.63, 3.8) is 0 Å². The Morgan fingerprint density at radius 2 is 1.83 bits per heavy atom. The first-order chi connectivity index (χ1) is 16.7. The fraction of sp³-hybridized carbons (Fsp3) is 0.864. The fourth-order valence-corrected chi connectivity index (χ4v) is 6.29. The Balaban J connectivity index is 1.36. The van der Waals surface area contributed by atoms with E-state index in [1.165, 1.54) is 4.90 Å². The van der Waals surface area contributed by atoms with Gasteiger partial charge in [0, 0.05) is 12.6 Å². The van der Waals surface area contributed by atoms with Gasteiger partial charge in [-0.2, -0.15) is 13.5 Å². The zero-order chi connectivity index (χ0) is 25.1. The molecular formula is C22H36N4O8S. The molecule has 0 aromatic carbocycles. The number of rotatable bonds is 9. The molecule has 3 aliphatic heterocycles. The maximum absolute atomic E-state index is 13.0. The molecule has 4 fully saturated rings. The van der Waals surface area contributed by atoms with Crippen LogP contribution in [0.4, 0.5) is 4.79 Å². The number of amides is 3. The Kier molecular flexibility index (Phi) is 8.19. The Morgan fingerprint density at radius 3 is 2.51 bits per heavy atom. The molecule has 1 saturated carbocycles. The molecule has 35 heavy (non-hydrogen) atoms. The van der Waals surface area contributed by atoms with E-state index in [2.05, 4.69) is 10.6 Å². The molecule has 0 unspecified atom stereocenters. The molecule has 0 aromatic heterocycles. The van der Waals surface area contributed by atoms with Gasteiger partial charge in [-0.3, -0.25) is 9.59 Å². The van der Waals surface area contributed by atoms with Crippen LogP contribution in [0.15, 0.2) is 0 Å². The fourth-order valence-electron chi connectivity index (χ4n) is 5.49. The van der Waals surface area contributed by atoms with E-state index in [-0.39, 0.29) is 25.1 Å². The van der Waals surface area contributed by atoms with Crippen molar-refractivity contribution in [3.8, 4) is 0 Å². The smallest absolute Gasteiger partial charge is 0.421 e. The maximum atomic E-state index is 13.0. The van der Waals surface area contributed by atoms with Gasteiger partial charge in [0.25, 0.3) is 0 Å². The number of hydrogen-bond acceptors (Lipinski definition) is 9. The van der Waals surface area contributed by atoms with Gasteiger partial charge >= 0.3 is 22.4 Å². The van der Waals surface area contributed by atoms with Gasteiger partial charge in [0.2, 0.25) is 5.91 Å². The first-order valence-electron chi connectivity index (χ1n) is 12.6. The molecule has 0 aromatic rings. The van der Waals surface area contributed by atoms with Gasteiger partial charge in [-0.1, -0.05) is 19.3 Å². The van der Waals surface area contributed by atoms with Crippen LogP contribution >= 0.6 is 0 Å². The van der Waals surface area contributed by atoms with E-state index < -0.39 is 46.5 Å². The number of nitrogens with one attached hydrogen (secondary N) is 2. The van der Waals surface area contributed by atoms with Crippen molar-refractivity contribution in [2.75, 3.05) is 32.8 Å². The van der Waals surface area contributed by atoms with Crippen LogP contribution in [0.2, 0.25) is 0 Å². The number of piperidine rings is 2. The summed E-state index contributed by atoms with van der Waals surface area (Å²) >= 11 is 0. The van der Waals surface area contributed by atoms with Crippen LogP contribution in [0.3, 0.4) is 0 Å². The topological polar surface area (TPSA) is 144 Å². The number of fused-ring (bicyclic) bond motifs is 2. The van der Waals surface area contributed by atoms with Crippen LogP contribution in [0.25, 0.3) is 0 Å². The van der Waals surface area contributed by atoms with Crippen molar-refractivity contribution < 1.29 is 36.0 Å². The minimum absolute atomic E-state index is 0.0619. The second-order valence-electron chi connectivity index (χ2n) is 9.85. The van der Waals surface area contributed by atoms with Gasteiger partial charge in [0.1, 0.15) is 6.04 Å². The molecule has 2 atom stereocenters. The van der Waals surface area contributed by atoms with Crippen molar-refractivity contribution in [3.05, 3.63) is 0 Å². The zero-order valence-electron chi connectivity index (χ0n) is 20.2. The van der Waals surface area contributed by atoms with Crippen LogP contribution in [0.5, 0.6) is 0 Å². The third-order valence-electron chi connectivity index (χ3n) is 7.48. The summed E-state index contributed by atoms with van der Waals surface area (Å²) in [7, 11) is -4.62. The lowest BCUT2D eigenvalue weighted by molar-refractivity contribution is -0.160. The summed E-state index contributed by atoms with van der Waals surface area (Å²) in [4.78, 5) is 39.8. The molecule has 13 heteroatoms. The Bertz CT molecular complexity index is 901. The molecule has 4 aliphatic rings. The predicted octanol–water partition coefficient (Wildman–Crippen LogP) is 0.830. The van der Waals surface area contributed by atoms with E-state index >= 15 is 0 Å². The lowest BCUT2D eigenvalue weighted by Gasteiger charge is -2.34. The number of carbonyl (C=O) groups excluding carboxylic acids is 3. The summed E-state index contributed by atoms with van der Waals surface area (Å²) in [6, 6.07) is -1.78. The molecule has 0 radical (unpaired) electrons. The number of hydrogen-bond donors (Lipinski definition) is 2. The molecule has 0 spiro atoms. The number of ether oxygens (including phenoxy) is 1. The molecule has 2 bridgehead atoms. The zero-order valence-corrected chi connectivity index (χ0v) is 21.0. The standard InChI is InChI=1S/C22H36N4O8S/c1-2-32-20(28)22(10-4-3-5-11-22)15-33-35(30,31)34-26-17-6-7-18(25(14-17)21(26)29)19(27)24-16-8-12-23-13-9-16/h16-18,23H,2-15H2,1H3,(H,24,27)/t17-,18+/m1/s1. The highest BCUT2D eigenvalue weighted by Gasteiger charge is 2.50. The van der Waals surface area contributed by atoms with Gasteiger partial charge in [-0.25, -0.2) is 8.98 Å². The summed E-state index contributed by atoms with van der Waals surface area (Å²) in [5.74, 6) is -0.699. The summed E-state index contributed by atoms with van der Waals surface area (Å²) in [6.45, 7) is 3.35. The summed E-state index contributed by atoms with van der Waals surface area (Å²) in [6.07, 6.45) is 5.92. The molecule has 198 valence electrons. The quantitative estimate of drug-likeness (QED) is 0.426. The molecule has 3 amide bonds. The van der Waals surface area contributed by atoms with Crippen molar-refractivity contribution in [2.24, 2.45) is 5.41 Å². The summed E-state index contributed by atoms with van der Waals surface area (Å²) < 4.78 is 40.7. The van der Waals surface area contributed by atoms with E-state index in [0.717, 1.165) is 50.3 Å². The van der Waals surface area contributed by atoms with E-state index in [4.69, 9.17) is 13.2 Å². The monoisotopic (exact) mass is 516 g/mol. The van der Waals surface area contributed by atoms with E-state index in [0.29, 0.717) is 25.7 Å². The minimum atomic E-state index is -4.62. The first kappa shape index (κ1) is 26.1. The number of carbonyl (C=O) groups is 3. The molecular weight excluding hydrogens is 480 g/mol. The van der Waals surface area contributed by atoms with Gasteiger partial charge in [-0.05, 0) is 58.5 Å². The minimum Gasteiger partial charge on any atom is -0.465 e. The number of hydroxylamine groups is 2. The number of urea groups is 1. The second kappa shape index (κ2) is 11.0. The van der Waals surface area contributed by atoms with Crippen LogP contribution in [-0.4, -0.2) is 87.3 Å². The lowest BCUT2D eigenvalue weighted by Crippen LogP contribution is -2.53. The summed E-state index contributed by atoms with van der Waals surface area (Å²) in [5.41, 5.74) is -1.04. The molecule has 4 rings (SSSR count). The Hall–Kier alpha value is -1.96. The van der Waals surface area contributed by atoms with Gasteiger partial charge < -0.3 is 20.3 Å². The first-order valence-corrected chi connectivity index (χ1v) is 13.9. The Labute approximate surface area is 206 Å². The van der Waals surface area contributed by atoms with Crippen molar-refractivity contribution in [1.29, 1.82) is 0 Å². The molecule has 1 aliphatic carbocycles. The normalized spacial score (nSPS) is 27.1. The van der Waals surface area contributed by atoms with Crippen molar-refractivity contribution in [2.45, 2.75) is 82.8 Å². The third-order valence-corrected chi connectivity index (χ3v) is 8.23. The highest BCUT2D eigenvalue weighted by atomic mass is 32.3. The van der Waals surface area contributed by atoms with Gasteiger partial charge in [-0.15, -0.1) is 4.28 Å². The van der Waals surface area contributed by atoms with Gasteiger partial charge in [0.15, 0.2) is 0 Å². The lowest BCUT2D eigenvalue weighted by atomic mass is 9.75. The average molecular weight is 517 g/mol. The van der Waals surface area contributed by atoms with Crippen molar-refractivity contribution in [1.82, 2.24) is 20.6 Å². The highest BCUT2D eigenvalue weighted by Crippen LogP contribution is 2.39. The molecule has 12 nitrogen and oxygen atoms in total. The summed E-state index contributed by atoms with van der Waals surface area (Å²) in [5, 5.41) is 7.06. The third kappa shape index (κ3) is 5.89. The Morgan fingerprint density at radius 1 is 1.11 bits per heavy atom. The molecule has 2 N–H and O–H groups in total. The van der Waals surface area contributed by atoms with Crippen LogP contribution in [0.1, 0.15) is 64.7 Å². The van der Waals surface area contributed by atoms with E-state index in [1.807, 2.05) is 0 Å². The van der Waals surface area contributed by atoms with Crippen LogP contribution < -0.4 is 10.6 Å². The average Bonchev–Trinajstić information content (AvgIpc) is 3.08. The van der Waals surface area contributed by atoms with E-state index in [1.54, 1.807) is 6.92 Å². The molecule has 3 saturated heterocycles. The second-order valence-corrected chi connectivity index (χ2v) is 11.0. The van der Waals surface area contributed by atoms with Crippen molar-refractivity contribution >= 4 is 28.3 Å². The van der Waals surface area contributed by atoms with Gasteiger partial charge in [0.05, 0.1) is 24.7 Å².